The molecule has 0 amide bonds. The first-order chi connectivity index (χ1) is 9.41. The molecule has 1 heterocycles. The van der Waals surface area contributed by atoms with E-state index in [0.29, 0.717) is 6.54 Å². The van der Waals surface area contributed by atoms with Crippen molar-refractivity contribution < 1.29 is 18.3 Å². The Morgan fingerprint density at radius 1 is 1.25 bits per heavy atom. The Morgan fingerprint density at radius 2 is 1.90 bits per heavy atom. The maximum absolute atomic E-state index is 12.3. The number of sulfonamides is 1. The van der Waals surface area contributed by atoms with E-state index in [1.165, 1.54) is 47.0 Å². The molecule has 7 heteroatoms. The molecule has 106 valence electrons. The van der Waals surface area contributed by atoms with Crippen molar-refractivity contribution in [2.45, 2.75) is 11.4 Å². The van der Waals surface area contributed by atoms with Crippen LogP contribution in [0.15, 0.2) is 46.7 Å². The molecular formula is C13H13NO4S2. The largest absolute Gasteiger partial charge is 0.478 e. The number of carbonyl (C=O) groups is 1. The van der Waals surface area contributed by atoms with Crippen LogP contribution in [0.5, 0.6) is 0 Å². The normalized spacial score (nSPS) is 11.7. The minimum atomic E-state index is -3.61. The molecule has 0 unspecified atom stereocenters. The van der Waals surface area contributed by atoms with Gasteiger partial charge in [-0.3, -0.25) is 0 Å². The summed E-state index contributed by atoms with van der Waals surface area (Å²) in [6, 6.07) is 8.92. The Labute approximate surface area is 121 Å². The second-order valence-corrected chi connectivity index (χ2v) is 7.25. The molecule has 0 atom stereocenters. The molecule has 0 bridgehead atoms. The highest BCUT2D eigenvalue weighted by Gasteiger charge is 2.21. The van der Waals surface area contributed by atoms with Crippen molar-refractivity contribution in [3.63, 3.8) is 0 Å². The quantitative estimate of drug-likeness (QED) is 0.919. The van der Waals surface area contributed by atoms with Crippen LogP contribution in [0.25, 0.3) is 0 Å². The third-order valence-electron chi connectivity index (χ3n) is 2.77. The zero-order chi connectivity index (χ0) is 14.8. The van der Waals surface area contributed by atoms with Crippen LogP contribution in [0.2, 0.25) is 0 Å². The first kappa shape index (κ1) is 14.7. The minimum Gasteiger partial charge on any atom is -0.478 e. The molecule has 0 aliphatic rings. The van der Waals surface area contributed by atoms with Gasteiger partial charge in [0.05, 0.1) is 10.5 Å². The summed E-state index contributed by atoms with van der Waals surface area (Å²) in [5.74, 6) is -1.08. The summed E-state index contributed by atoms with van der Waals surface area (Å²) in [4.78, 5) is 11.8. The highest BCUT2D eigenvalue weighted by molar-refractivity contribution is 7.89. The summed E-state index contributed by atoms with van der Waals surface area (Å²) in [6.07, 6.45) is 0. The van der Waals surface area contributed by atoms with Gasteiger partial charge in [0.1, 0.15) is 0 Å². The van der Waals surface area contributed by atoms with Gasteiger partial charge >= 0.3 is 5.97 Å². The summed E-state index contributed by atoms with van der Waals surface area (Å²) in [6.45, 7) is 0.292. The van der Waals surface area contributed by atoms with E-state index in [0.717, 1.165) is 4.88 Å². The second kappa shape index (κ2) is 5.74. The van der Waals surface area contributed by atoms with Gasteiger partial charge in [0.25, 0.3) is 0 Å². The Morgan fingerprint density at radius 3 is 2.40 bits per heavy atom. The van der Waals surface area contributed by atoms with Crippen molar-refractivity contribution in [2.75, 3.05) is 7.05 Å². The lowest BCUT2D eigenvalue weighted by atomic mass is 10.2. The molecule has 1 N–H and O–H groups in total. The molecule has 2 aromatic rings. The average Bonchev–Trinajstić information content (AvgIpc) is 2.91. The molecule has 0 aliphatic heterocycles. The third-order valence-corrected chi connectivity index (χ3v) is 5.45. The fourth-order valence-electron chi connectivity index (χ4n) is 1.66. The van der Waals surface area contributed by atoms with E-state index in [1.807, 2.05) is 17.5 Å². The number of nitrogens with zero attached hydrogens (tertiary/aromatic N) is 1. The van der Waals surface area contributed by atoms with Gasteiger partial charge in [-0.15, -0.1) is 11.3 Å². The van der Waals surface area contributed by atoms with E-state index in [2.05, 4.69) is 0 Å². The second-order valence-electron chi connectivity index (χ2n) is 4.17. The Bertz CT molecular complexity index is 690. The van der Waals surface area contributed by atoms with Gasteiger partial charge < -0.3 is 5.11 Å². The highest BCUT2D eigenvalue weighted by Crippen LogP contribution is 2.19. The van der Waals surface area contributed by atoms with Gasteiger partial charge in [0.15, 0.2) is 0 Å². The van der Waals surface area contributed by atoms with Crippen LogP contribution in [0, 0.1) is 0 Å². The standard InChI is InChI=1S/C13H13NO4S2/c1-14(9-11-3-2-8-19-11)20(17,18)12-6-4-10(5-7-12)13(15)16/h2-8H,9H2,1H3,(H,15,16). The van der Waals surface area contributed by atoms with E-state index in [9.17, 15) is 13.2 Å². The van der Waals surface area contributed by atoms with Gasteiger partial charge in [0, 0.05) is 18.5 Å². The van der Waals surface area contributed by atoms with Gasteiger partial charge in [-0.1, -0.05) is 6.07 Å². The molecule has 0 spiro atoms. The van der Waals surface area contributed by atoms with Gasteiger partial charge in [-0.2, -0.15) is 4.31 Å². The number of hydrogen-bond acceptors (Lipinski definition) is 4. The summed E-state index contributed by atoms with van der Waals surface area (Å²) < 4.78 is 25.9. The van der Waals surface area contributed by atoms with Crippen LogP contribution < -0.4 is 0 Å². The number of hydrogen-bond donors (Lipinski definition) is 1. The lowest BCUT2D eigenvalue weighted by Gasteiger charge is -2.16. The van der Waals surface area contributed by atoms with Crippen LogP contribution >= 0.6 is 11.3 Å². The van der Waals surface area contributed by atoms with Crippen LogP contribution in [0.1, 0.15) is 15.2 Å². The Kier molecular flexibility index (Phi) is 4.22. The number of carboxylic acids is 1. The fourth-order valence-corrected chi connectivity index (χ4v) is 3.64. The molecule has 1 aromatic carbocycles. The summed E-state index contributed by atoms with van der Waals surface area (Å²) in [5.41, 5.74) is 0.0601. The molecule has 0 saturated carbocycles. The van der Waals surface area contributed by atoms with Crippen LogP contribution in [-0.4, -0.2) is 30.8 Å². The smallest absolute Gasteiger partial charge is 0.335 e. The van der Waals surface area contributed by atoms with Gasteiger partial charge in [-0.05, 0) is 35.7 Å². The highest BCUT2D eigenvalue weighted by atomic mass is 32.2. The van der Waals surface area contributed by atoms with Crippen LogP contribution in [0.4, 0.5) is 0 Å². The number of thiophene rings is 1. The third kappa shape index (κ3) is 3.06. The lowest BCUT2D eigenvalue weighted by molar-refractivity contribution is 0.0696. The lowest BCUT2D eigenvalue weighted by Crippen LogP contribution is -2.26. The maximum Gasteiger partial charge on any atom is 0.335 e. The van der Waals surface area contributed by atoms with E-state index in [-0.39, 0.29) is 10.5 Å². The number of rotatable bonds is 5. The molecular weight excluding hydrogens is 298 g/mol. The summed E-state index contributed by atoms with van der Waals surface area (Å²) >= 11 is 1.49. The predicted molar refractivity (Wildman–Crippen MR) is 76.4 cm³/mol. The molecule has 2 rings (SSSR count). The summed E-state index contributed by atoms with van der Waals surface area (Å²) in [7, 11) is -2.11. The fraction of sp³-hybridized carbons (Fsp3) is 0.154. The first-order valence-electron chi connectivity index (χ1n) is 5.73. The Balaban J connectivity index is 2.23. The van der Waals surface area contributed by atoms with E-state index in [1.54, 1.807) is 0 Å². The zero-order valence-electron chi connectivity index (χ0n) is 10.7. The predicted octanol–water partition coefficient (Wildman–Crippen LogP) is 2.27. The molecule has 0 radical (unpaired) electrons. The molecule has 5 nitrogen and oxygen atoms in total. The molecule has 0 saturated heterocycles. The van der Waals surface area contributed by atoms with Gasteiger partial charge in [0.2, 0.25) is 10.0 Å². The van der Waals surface area contributed by atoms with E-state index in [4.69, 9.17) is 5.11 Å². The van der Waals surface area contributed by atoms with Gasteiger partial charge in [-0.25, -0.2) is 13.2 Å². The molecule has 20 heavy (non-hydrogen) atoms. The number of aromatic carboxylic acids is 1. The molecule has 1 aromatic heterocycles. The first-order valence-corrected chi connectivity index (χ1v) is 8.05. The summed E-state index contributed by atoms with van der Waals surface area (Å²) in [5, 5.41) is 10.7. The topological polar surface area (TPSA) is 74.7 Å². The molecule has 0 aliphatic carbocycles. The van der Waals surface area contributed by atoms with E-state index < -0.39 is 16.0 Å². The van der Waals surface area contributed by atoms with Crippen LogP contribution in [-0.2, 0) is 16.6 Å². The number of carboxylic acid groups (broad SMARTS) is 1. The Hall–Kier alpha value is -1.70. The maximum atomic E-state index is 12.3. The molecule has 0 fully saturated rings. The van der Waals surface area contributed by atoms with Crippen molar-refractivity contribution in [2.24, 2.45) is 0 Å². The van der Waals surface area contributed by atoms with Crippen LogP contribution in [0.3, 0.4) is 0 Å². The van der Waals surface area contributed by atoms with Crippen molar-refractivity contribution in [1.82, 2.24) is 4.31 Å². The van der Waals surface area contributed by atoms with E-state index >= 15 is 0 Å². The van der Waals surface area contributed by atoms with Crippen molar-refractivity contribution in [3.05, 3.63) is 52.2 Å². The van der Waals surface area contributed by atoms with Crippen molar-refractivity contribution >= 4 is 27.3 Å². The average molecular weight is 311 g/mol. The number of benzene rings is 1. The monoisotopic (exact) mass is 311 g/mol. The zero-order valence-corrected chi connectivity index (χ0v) is 12.3. The van der Waals surface area contributed by atoms with Crippen molar-refractivity contribution in [3.8, 4) is 0 Å². The SMILES string of the molecule is CN(Cc1cccs1)S(=O)(=O)c1ccc(C(=O)O)cc1. The minimum absolute atomic E-state index is 0.0601. The van der Waals surface area contributed by atoms with Crippen molar-refractivity contribution in [1.29, 1.82) is 0 Å².